The molecule has 1 heterocycles. The summed E-state index contributed by atoms with van der Waals surface area (Å²) in [7, 11) is 1.76. The Morgan fingerprint density at radius 1 is 1.47 bits per heavy atom. The van der Waals surface area contributed by atoms with Crippen LogP contribution in [0.5, 0.6) is 5.75 Å². The topological polar surface area (TPSA) is 47.0 Å². The quantitative estimate of drug-likeness (QED) is 0.930. The first kappa shape index (κ1) is 12.1. The van der Waals surface area contributed by atoms with Crippen LogP contribution >= 0.6 is 22.9 Å². The van der Waals surface area contributed by atoms with Crippen LogP contribution in [0.3, 0.4) is 0 Å². The summed E-state index contributed by atoms with van der Waals surface area (Å²) in [6.45, 7) is 0.250. The van der Waals surface area contributed by atoms with Crippen molar-refractivity contribution >= 4 is 28.1 Å². The van der Waals surface area contributed by atoms with Gasteiger partial charge in [0.05, 0.1) is 5.02 Å². The summed E-state index contributed by atoms with van der Waals surface area (Å²) in [5, 5.41) is 12.1. The van der Waals surface area contributed by atoms with Gasteiger partial charge in [0.1, 0.15) is 18.2 Å². The molecule has 0 aliphatic carbocycles. The second kappa shape index (κ2) is 5.29. The van der Waals surface area contributed by atoms with Crippen LogP contribution in [0, 0.1) is 5.82 Å². The van der Waals surface area contributed by atoms with Crippen LogP contribution in [-0.4, -0.2) is 17.2 Å². The molecule has 0 radical (unpaired) electrons. The average Bonchev–Trinajstić information content (AvgIpc) is 2.79. The van der Waals surface area contributed by atoms with Gasteiger partial charge in [-0.2, -0.15) is 0 Å². The van der Waals surface area contributed by atoms with E-state index in [4.69, 9.17) is 16.3 Å². The fourth-order valence-corrected chi connectivity index (χ4v) is 1.85. The van der Waals surface area contributed by atoms with Crippen LogP contribution < -0.4 is 10.1 Å². The Kier molecular flexibility index (Phi) is 3.75. The molecular weight excluding hydrogens is 265 g/mol. The largest absolute Gasteiger partial charge is 0.486 e. The molecule has 0 spiro atoms. The van der Waals surface area contributed by atoms with E-state index in [1.165, 1.54) is 23.5 Å². The van der Waals surface area contributed by atoms with Gasteiger partial charge in [-0.05, 0) is 12.1 Å². The van der Waals surface area contributed by atoms with Gasteiger partial charge in [0, 0.05) is 13.1 Å². The van der Waals surface area contributed by atoms with E-state index in [0.717, 1.165) is 0 Å². The zero-order valence-corrected chi connectivity index (χ0v) is 10.5. The predicted octanol–water partition coefficient (Wildman–Crippen LogP) is 2.95. The van der Waals surface area contributed by atoms with Gasteiger partial charge < -0.3 is 10.1 Å². The molecule has 1 aromatic carbocycles. The third-order valence-corrected chi connectivity index (χ3v) is 3.15. The molecule has 2 rings (SSSR count). The fraction of sp³-hybridized carbons (Fsp3) is 0.200. The van der Waals surface area contributed by atoms with Crippen LogP contribution in [0.4, 0.5) is 9.52 Å². The summed E-state index contributed by atoms with van der Waals surface area (Å²) < 4.78 is 18.5. The van der Waals surface area contributed by atoms with Crippen LogP contribution in [0.2, 0.25) is 5.02 Å². The van der Waals surface area contributed by atoms with Gasteiger partial charge in [0.15, 0.2) is 5.01 Å². The Balaban J connectivity index is 1.99. The van der Waals surface area contributed by atoms with Gasteiger partial charge >= 0.3 is 0 Å². The molecule has 0 saturated carbocycles. The maximum Gasteiger partial charge on any atom is 0.205 e. The highest BCUT2D eigenvalue weighted by atomic mass is 35.5. The van der Waals surface area contributed by atoms with E-state index >= 15 is 0 Å². The van der Waals surface area contributed by atoms with Gasteiger partial charge in [0.2, 0.25) is 5.13 Å². The minimum absolute atomic E-state index is 0.0748. The maximum absolute atomic E-state index is 13.1. The molecule has 4 nitrogen and oxygen atoms in total. The molecule has 17 heavy (non-hydrogen) atoms. The number of nitrogens with one attached hydrogen (secondary N) is 1. The summed E-state index contributed by atoms with van der Waals surface area (Å²) in [6.07, 6.45) is 0. The number of benzene rings is 1. The number of anilines is 1. The van der Waals surface area contributed by atoms with Crippen LogP contribution in [0.1, 0.15) is 5.01 Å². The van der Waals surface area contributed by atoms with Crippen LogP contribution in [0.25, 0.3) is 0 Å². The number of ether oxygens (including phenoxy) is 1. The molecule has 1 aromatic heterocycles. The zero-order chi connectivity index (χ0) is 12.3. The number of aromatic nitrogens is 2. The molecule has 0 bridgehead atoms. The molecule has 90 valence electrons. The normalized spacial score (nSPS) is 10.3. The Labute approximate surface area is 106 Å². The number of hydrogen-bond donors (Lipinski definition) is 1. The Morgan fingerprint density at radius 2 is 2.29 bits per heavy atom. The van der Waals surface area contributed by atoms with E-state index in [1.807, 2.05) is 0 Å². The highest BCUT2D eigenvalue weighted by Gasteiger charge is 2.05. The van der Waals surface area contributed by atoms with Gasteiger partial charge in [-0.25, -0.2) is 4.39 Å². The third-order valence-electron chi connectivity index (χ3n) is 1.93. The molecule has 0 fully saturated rings. The second-order valence-electron chi connectivity index (χ2n) is 3.12. The SMILES string of the molecule is CNc1nnc(COc2ccc(Cl)c(F)c2)s1. The van der Waals surface area contributed by atoms with Crippen molar-refractivity contribution in [3.63, 3.8) is 0 Å². The monoisotopic (exact) mass is 273 g/mol. The van der Waals surface area contributed by atoms with Crippen LogP contribution in [0.15, 0.2) is 18.2 Å². The first-order valence-electron chi connectivity index (χ1n) is 4.77. The first-order chi connectivity index (χ1) is 8.19. The lowest BCUT2D eigenvalue weighted by Gasteiger charge is -2.03. The van der Waals surface area contributed by atoms with Crippen molar-refractivity contribution in [1.82, 2.24) is 10.2 Å². The number of rotatable bonds is 4. The molecular formula is C10H9ClFN3OS. The van der Waals surface area contributed by atoms with E-state index < -0.39 is 5.82 Å². The van der Waals surface area contributed by atoms with Gasteiger partial charge in [0.25, 0.3) is 0 Å². The molecule has 0 amide bonds. The lowest BCUT2D eigenvalue weighted by Crippen LogP contribution is -1.95. The molecule has 7 heteroatoms. The molecule has 2 aromatic rings. The number of hydrogen-bond acceptors (Lipinski definition) is 5. The average molecular weight is 274 g/mol. The summed E-state index contributed by atoms with van der Waals surface area (Å²) >= 11 is 6.94. The maximum atomic E-state index is 13.1. The summed E-state index contributed by atoms with van der Waals surface area (Å²) in [5.41, 5.74) is 0. The first-order valence-corrected chi connectivity index (χ1v) is 5.96. The molecule has 0 unspecified atom stereocenters. The molecule has 0 aliphatic heterocycles. The van der Waals surface area contributed by atoms with E-state index in [1.54, 1.807) is 13.1 Å². The molecule has 1 N–H and O–H groups in total. The van der Waals surface area contributed by atoms with Gasteiger partial charge in [-0.3, -0.25) is 0 Å². The van der Waals surface area contributed by atoms with E-state index in [9.17, 15) is 4.39 Å². The second-order valence-corrected chi connectivity index (χ2v) is 4.58. The van der Waals surface area contributed by atoms with Crippen molar-refractivity contribution in [2.45, 2.75) is 6.61 Å². The predicted molar refractivity (Wildman–Crippen MR) is 65.2 cm³/mol. The minimum atomic E-state index is -0.502. The Hall–Kier alpha value is -1.40. The highest BCUT2D eigenvalue weighted by molar-refractivity contribution is 7.15. The van der Waals surface area contributed by atoms with Crippen molar-refractivity contribution in [3.05, 3.63) is 34.0 Å². The summed E-state index contributed by atoms with van der Waals surface area (Å²) in [5.74, 6) is -0.0922. The van der Waals surface area contributed by atoms with Gasteiger partial charge in [-0.15, -0.1) is 10.2 Å². The van der Waals surface area contributed by atoms with E-state index in [2.05, 4.69) is 15.5 Å². The van der Waals surface area contributed by atoms with Gasteiger partial charge in [-0.1, -0.05) is 22.9 Å². The van der Waals surface area contributed by atoms with Crippen molar-refractivity contribution in [1.29, 1.82) is 0 Å². The highest BCUT2D eigenvalue weighted by Crippen LogP contribution is 2.22. The Bertz CT molecular complexity index is 520. The van der Waals surface area contributed by atoms with E-state index in [-0.39, 0.29) is 11.6 Å². The van der Waals surface area contributed by atoms with Crippen molar-refractivity contribution < 1.29 is 9.13 Å². The van der Waals surface area contributed by atoms with Crippen molar-refractivity contribution in [2.24, 2.45) is 0 Å². The van der Waals surface area contributed by atoms with Crippen molar-refractivity contribution in [2.75, 3.05) is 12.4 Å². The number of nitrogens with zero attached hydrogens (tertiary/aromatic N) is 2. The molecule has 0 aliphatic rings. The fourth-order valence-electron chi connectivity index (χ4n) is 1.12. The lowest BCUT2D eigenvalue weighted by atomic mass is 10.3. The third kappa shape index (κ3) is 3.04. The van der Waals surface area contributed by atoms with E-state index in [0.29, 0.717) is 15.9 Å². The minimum Gasteiger partial charge on any atom is -0.486 e. The molecule has 0 atom stereocenters. The summed E-state index contributed by atoms with van der Waals surface area (Å²) in [6, 6.07) is 4.29. The smallest absolute Gasteiger partial charge is 0.205 e. The van der Waals surface area contributed by atoms with Crippen molar-refractivity contribution in [3.8, 4) is 5.75 Å². The molecule has 0 saturated heterocycles. The Morgan fingerprint density at radius 3 is 2.94 bits per heavy atom. The standard InChI is InChI=1S/C10H9ClFN3OS/c1-13-10-15-14-9(17-10)5-16-6-2-3-7(11)8(12)4-6/h2-4H,5H2,1H3,(H,13,15). The van der Waals surface area contributed by atoms with Crippen LogP contribution in [-0.2, 0) is 6.61 Å². The lowest BCUT2D eigenvalue weighted by molar-refractivity contribution is 0.303. The zero-order valence-electron chi connectivity index (χ0n) is 8.91. The number of halogens is 2. The summed E-state index contributed by atoms with van der Waals surface area (Å²) in [4.78, 5) is 0.